The second-order valence-electron chi connectivity index (χ2n) is 3.75. The van der Waals surface area contributed by atoms with Crippen molar-refractivity contribution in [3.63, 3.8) is 0 Å². The van der Waals surface area contributed by atoms with E-state index in [1.807, 2.05) is 0 Å². The predicted octanol–water partition coefficient (Wildman–Crippen LogP) is 1.42. The zero-order valence-corrected chi connectivity index (χ0v) is 10.6. The van der Waals surface area contributed by atoms with Gasteiger partial charge < -0.3 is 19.9 Å². The largest absolute Gasteiger partial charge is 0.573 e. The summed E-state index contributed by atoms with van der Waals surface area (Å²) in [5.74, 6) is -2.56. The van der Waals surface area contributed by atoms with Crippen molar-refractivity contribution < 1.29 is 37.3 Å². The maximum absolute atomic E-state index is 12.2. The molecule has 2 N–H and O–H groups in total. The van der Waals surface area contributed by atoms with E-state index in [4.69, 9.17) is 5.11 Å². The molecule has 0 aliphatic heterocycles. The van der Waals surface area contributed by atoms with E-state index in [9.17, 15) is 22.8 Å². The summed E-state index contributed by atoms with van der Waals surface area (Å²) in [4.78, 5) is 21.9. The zero-order valence-electron chi connectivity index (χ0n) is 10.6. The van der Waals surface area contributed by atoms with Gasteiger partial charge in [-0.3, -0.25) is 4.79 Å². The Morgan fingerprint density at radius 1 is 1.24 bits per heavy atom. The van der Waals surface area contributed by atoms with E-state index in [0.29, 0.717) is 0 Å². The van der Waals surface area contributed by atoms with E-state index in [2.05, 4.69) is 14.8 Å². The SMILES string of the molecule is O=C(O)COCCNC(=O)c1ccccc1OC(F)(F)F. The van der Waals surface area contributed by atoms with Gasteiger partial charge in [0.2, 0.25) is 0 Å². The highest BCUT2D eigenvalue weighted by Gasteiger charge is 2.32. The number of amides is 1. The molecule has 0 radical (unpaired) electrons. The molecule has 6 nitrogen and oxygen atoms in total. The Hall–Kier alpha value is -2.29. The average Bonchev–Trinajstić information content (AvgIpc) is 2.36. The molecule has 0 unspecified atom stereocenters. The number of nitrogens with one attached hydrogen (secondary N) is 1. The highest BCUT2D eigenvalue weighted by molar-refractivity contribution is 5.96. The fourth-order valence-electron chi connectivity index (χ4n) is 1.36. The second-order valence-corrected chi connectivity index (χ2v) is 3.75. The van der Waals surface area contributed by atoms with Crippen molar-refractivity contribution in [3.8, 4) is 5.75 Å². The van der Waals surface area contributed by atoms with Gasteiger partial charge in [-0.25, -0.2) is 4.79 Å². The van der Waals surface area contributed by atoms with Crippen LogP contribution in [0.3, 0.4) is 0 Å². The molecule has 116 valence electrons. The molecule has 9 heteroatoms. The first kappa shape index (κ1) is 16.8. The van der Waals surface area contributed by atoms with Crippen LogP contribution in [0.1, 0.15) is 10.4 Å². The third kappa shape index (κ3) is 6.61. The van der Waals surface area contributed by atoms with Crippen LogP contribution in [-0.2, 0) is 9.53 Å². The van der Waals surface area contributed by atoms with Crippen LogP contribution in [0.15, 0.2) is 24.3 Å². The summed E-state index contributed by atoms with van der Waals surface area (Å²) in [5, 5.41) is 10.6. The van der Waals surface area contributed by atoms with Gasteiger partial charge in [0, 0.05) is 6.54 Å². The Morgan fingerprint density at radius 3 is 2.52 bits per heavy atom. The minimum atomic E-state index is -4.90. The first-order chi connectivity index (χ1) is 9.79. The Balaban J connectivity index is 2.56. The highest BCUT2D eigenvalue weighted by Crippen LogP contribution is 2.25. The van der Waals surface area contributed by atoms with Gasteiger partial charge in [0.25, 0.3) is 5.91 Å². The third-order valence-corrected chi connectivity index (χ3v) is 2.11. The number of hydrogen-bond donors (Lipinski definition) is 2. The van der Waals surface area contributed by atoms with Gasteiger partial charge in [-0.15, -0.1) is 13.2 Å². The van der Waals surface area contributed by atoms with Crippen LogP contribution in [0, 0.1) is 0 Å². The summed E-state index contributed by atoms with van der Waals surface area (Å²) < 4.78 is 45.0. The topological polar surface area (TPSA) is 84.9 Å². The molecule has 1 aromatic rings. The molecule has 0 bridgehead atoms. The smallest absolute Gasteiger partial charge is 0.480 e. The van der Waals surface area contributed by atoms with Gasteiger partial charge in [0.15, 0.2) is 0 Å². The van der Waals surface area contributed by atoms with Gasteiger partial charge in [-0.2, -0.15) is 0 Å². The molecule has 0 saturated carbocycles. The van der Waals surface area contributed by atoms with Gasteiger partial charge >= 0.3 is 12.3 Å². The number of ether oxygens (including phenoxy) is 2. The first-order valence-corrected chi connectivity index (χ1v) is 5.72. The number of aliphatic carboxylic acids is 1. The first-order valence-electron chi connectivity index (χ1n) is 5.72. The lowest BCUT2D eigenvalue weighted by molar-refractivity contribution is -0.274. The van der Waals surface area contributed by atoms with Crippen molar-refractivity contribution in [2.45, 2.75) is 6.36 Å². The predicted molar refractivity (Wildman–Crippen MR) is 63.9 cm³/mol. The molecule has 21 heavy (non-hydrogen) atoms. The summed E-state index contributed by atoms with van der Waals surface area (Å²) >= 11 is 0. The van der Waals surface area contributed by atoms with Crippen LogP contribution < -0.4 is 10.1 Å². The Labute approximate surface area is 117 Å². The van der Waals surface area contributed by atoms with Gasteiger partial charge in [0.1, 0.15) is 12.4 Å². The second kappa shape index (κ2) is 7.48. The van der Waals surface area contributed by atoms with Crippen LogP contribution in [0.2, 0.25) is 0 Å². The fourth-order valence-corrected chi connectivity index (χ4v) is 1.36. The van der Waals surface area contributed by atoms with E-state index in [-0.39, 0.29) is 18.7 Å². The van der Waals surface area contributed by atoms with Crippen molar-refractivity contribution in [1.82, 2.24) is 5.32 Å². The number of carboxylic acids is 1. The van der Waals surface area contributed by atoms with Gasteiger partial charge in [-0.1, -0.05) is 12.1 Å². The van der Waals surface area contributed by atoms with Crippen molar-refractivity contribution >= 4 is 11.9 Å². The van der Waals surface area contributed by atoms with E-state index in [1.165, 1.54) is 18.2 Å². The highest BCUT2D eigenvalue weighted by atomic mass is 19.4. The van der Waals surface area contributed by atoms with Gasteiger partial charge in [-0.05, 0) is 12.1 Å². The number of para-hydroxylation sites is 1. The maximum Gasteiger partial charge on any atom is 0.573 e. The lowest BCUT2D eigenvalue weighted by Gasteiger charge is -2.13. The molecule has 0 heterocycles. The summed E-state index contributed by atoms with van der Waals surface area (Å²) in [5.41, 5.74) is -0.284. The zero-order chi connectivity index (χ0) is 15.9. The normalized spacial score (nSPS) is 11.0. The van der Waals surface area contributed by atoms with Crippen LogP contribution in [0.4, 0.5) is 13.2 Å². The molecule has 0 fully saturated rings. The average molecular weight is 307 g/mol. The molecular weight excluding hydrogens is 295 g/mol. The van der Waals surface area contributed by atoms with Crippen molar-refractivity contribution in [1.29, 1.82) is 0 Å². The minimum Gasteiger partial charge on any atom is -0.480 e. The number of halogens is 3. The summed E-state index contributed by atoms with van der Waals surface area (Å²) in [7, 11) is 0. The molecule has 0 saturated heterocycles. The molecule has 0 aromatic heterocycles. The number of hydrogen-bond acceptors (Lipinski definition) is 4. The molecule has 1 aromatic carbocycles. The number of benzene rings is 1. The van der Waals surface area contributed by atoms with Crippen molar-refractivity contribution in [3.05, 3.63) is 29.8 Å². The molecule has 0 aliphatic carbocycles. The van der Waals surface area contributed by atoms with Crippen LogP contribution in [0.25, 0.3) is 0 Å². The Morgan fingerprint density at radius 2 is 1.90 bits per heavy atom. The lowest BCUT2D eigenvalue weighted by atomic mass is 10.2. The van der Waals surface area contributed by atoms with Crippen LogP contribution in [-0.4, -0.2) is 43.1 Å². The van der Waals surface area contributed by atoms with E-state index in [0.717, 1.165) is 6.07 Å². The Kier molecular flexibility index (Phi) is 5.97. The maximum atomic E-state index is 12.2. The van der Waals surface area contributed by atoms with Crippen molar-refractivity contribution in [2.75, 3.05) is 19.8 Å². The number of carbonyl (C=O) groups excluding carboxylic acids is 1. The molecular formula is C12H12F3NO5. The van der Waals surface area contributed by atoms with Crippen molar-refractivity contribution in [2.24, 2.45) is 0 Å². The minimum absolute atomic E-state index is 0.0491. The third-order valence-electron chi connectivity index (χ3n) is 2.11. The molecule has 0 aliphatic rings. The standard InChI is InChI=1S/C12H12F3NO5/c13-12(14,15)21-9-4-2-1-3-8(9)11(19)16-5-6-20-7-10(17)18/h1-4H,5-7H2,(H,16,19)(H,17,18). The summed E-state index contributed by atoms with van der Waals surface area (Å²) in [6.45, 7) is -0.656. The number of rotatable bonds is 7. The number of alkyl halides is 3. The number of carbonyl (C=O) groups is 2. The van der Waals surface area contributed by atoms with Gasteiger partial charge in [0.05, 0.1) is 12.2 Å². The summed E-state index contributed by atoms with van der Waals surface area (Å²) in [6.07, 6.45) is -4.90. The molecule has 1 amide bonds. The quantitative estimate of drug-likeness (QED) is 0.744. The summed E-state index contributed by atoms with van der Waals surface area (Å²) in [6, 6.07) is 4.88. The van der Waals surface area contributed by atoms with Crippen LogP contribution in [0.5, 0.6) is 5.75 Å². The van der Waals surface area contributed by atoms with Crippen LogP contribution >= 0.6 is 0 Å². The molecule has 1 rings (SSSR count). The molecule has 0 atom stereocenters. The molecule has 0 spiro atoms. The number of carboxylic acid groups (broad SMARTS) is 1. The fraction of sp³-hybridized carbons (Fsp3) is 0.333. The van der Waals surface area contributed by atoms with E-state index in [1.54, 1.807) is 0 Å². The van der Waals surface area contributed by atoms with E-state index >= 15 is 0 Å². The Bertz CT molecular complexity index is 504. The monoisotopic (exact) mass is 307 g/mol. The lowest BCUT2D eigenvalue weighted by Crippen LogP contribution is -2.29. The van der Waals surface area contributed by atoms with E-state index < -0.39 is 30.6 Å².